The Morgan fingerprint density at radius 1 is 1.47 bits per heavy atom. The predicted octanol–water partition coefficient (Wildman–Crippen LogP) is 3.18. The number of aromatic nitrogens is 2. The molecule has 0 radical (unpaired) electrons. The molecule has 0 aliphatic carbocycles. The lowest BCUT2D eigenvalue weighted by Crippen LogP contribution is -1.98. The first-order valence-corrected chi connectivity index (χ1v) is 6.71. The van der Waals surface area contributed by atoms with Crippen LogP contribution in [-0.2, 0) is 13.0 Å². The molecule has 0 bridgehead atoms. The van der Waals surface area contributed by atoms with E-state index in [1.54, 1.807) is 18.2 Å². The highest BCUT2D eigenvalue weighted by Gasteiger charge is 2.08. The Morgan fingerprint density at radius 2 is 2.32 bits per heavy atom. The topological polar surface area (TPSA) is 65.2 Å². The third-order valence-corrected chi connectivity index (χ3v) is 3.04. The molecule has 2 rings (SSSR count). The zero-order valence-electron chi connectivity index (χ0n) is 10.4. The number of carbonyl (C=O) groups is 1. The van der Waals surface area contributed by atoms with Gasteiger partial charge in [0.25, 0.3) is 0 Å². The van der Waals surface area contributed by atoms with Crippen LogP contribution in [0.15, 0.2) is 27.2 Å². The lowest BCUT2D eigenvalue weighted by molar-refractivity contribution is 0.112. The molecule has 0 aliphatic rings. The number of carbonyl (C=O) groups excluding carboxylic acids is 1. The van der Waals surface area contributed by atoms with Gasteiger partial charge in [-0.25, -0.2) is 0 Å². The highest BCUT2D eigenvalue weighted by Crippen LogP contribution is 2.26. The fourth-order valence-corrected chi connectivity index (χ4v) is 2.02. The fraction of sp³-hybridized carbons (Fsp3) is 0.308. The molecule has 0 unspecified atom stereocenters. The van der Waals surface area contributed by atoms with Crippen molar-refractivity contribution >= 4 is 22.2 Å². The molecular formula is C13H13BrN2O3. The monoisotopic (exact) mass is 324 g/mol. The van der Waals surface area contributed by atoms with Gasteiger partial charge in [0.2, 0.25) is 11.7 Å². The number of hydrogen-bond donors (Lipinski definition) is 0. The Labute approximate surface area is 119 Å². The molecule has 0 atom stereocenters. The van der Waals surface area contributed by atoms with Gasteiger partial charge in [-0.05, 0) is 40.5 Å². The van der Waals surface area contributed by atoms with Crippen LogP contribution in [0.2, 0.25) is 0 Å². The summed E-state index contributed by atoms with van der Waals surface area (Å²) in [6, 6.07) is 5.10. The van der Waals surface area contributed by atoms with E-state index in [0.717, 1.165) is 23.6 Å². The van der Waals surface area contributed by atoms with Crippen LogP contribution in [0.3, 0.4) is 0 Å². The van der Waals surface area contributed by atoms with Gasteiger partial charge in [0.15, 0.2) is 6.61 Å². The fourth-order valence-electron chi connectivity index (χ4n) is 1.51. The number of hydrogen-bond acceptors (Lipinski definition) is 5. The molecule has 0 amide bonds. The molecule has 0 spiro atoms. The van der Waals surface area contributed by atoms with Gasteiger partial charge in [0.05, 0.1) is 4.47 Å². The van der Waals surface area contributed by atoms with Gasteiger partial charge in [0.1, 0.15) is 12.0 Å². The number of rotatable bonds is 6. The van der Waals surface area contributed by atoms with Gasteiger partial charge >= 0.3 is 0 Å². The Bertz CT molecular complexity index is 569. The van der Waals surface area contributed by atoms with Crippen molar-refractivity contribution in [2.75, 3.05) is 0 Å². The SMILES string of the molecule is CCCc1nc(COc2ccc(C=O)cc2Br)no1. The molecule has 0 N–H and O–H groups in total. The minimum atomic E-state index is 0.228. The molecule has 0 saturated heterocycles. The molecule has 19 heavy (non-hydrogen) atoms. The molecule has 1 aromatic heterocycles. The minimum absolute atomic E-state index is 0.228. The van der Waals surface area contributed by atoms with Gasteiger partial charge in [0, 0.05) is 12.0 Å². The Balaban J connectivity index is 1.99. The Hall–Kier alpha value is -1.69. The second kappa shape index (κ2) is 6.47. The maximum absolute atomic E-state index is 10.6. The van der Waals surface area contributed by atoms with Gasteiger partial charge in [-0.3, -0.25) is 4.79 Å². The number of ether oxygens (including phenoxy) is 1. The van der Waals surface area contributed by atoms with Crippen molar-refractivity contribution in [1.82, 2.24) is 10.1 Å². The number of aryl methyl sites for hydroxylation is 1. The molecule has 1 aromatic carbocycles. The third-order valence-electron chi connectivity index (χ3n) is 2.42. The lowest BCUT2D eigenvalue weighted by atomic mass is 10.2. The van der Waals surface area contributed by atoms with Gasteiger partial charge in [-0.2, -0.15) is 4.98 Å². The first-order chi connectivity index (χ1) is 9.22. The summed E-state index contributed by atoms with van der Waals surface area (Å²) in [6.07, 6.45) is 2.51. The van der Waals surface area contributed by atoms with E-state index < -0.39 is 0 Å². The van der Waals surface area contributed by atoms with Crippen LogP contribution in [0.25, 0.3) is 0 Å². The molecule has 0 fully saturated rings. The van der Waals surface area contributed by atoms with E-state index in [1.807, 2.05) is 6.92 Å². The molecule has 100 valence electrons. The van der Waals surface area contributed by atoms with Crippen LogP contribution in [0.5, 0.6) is 5.75 Å². The van der Waals surface area contributed by atoms with Crippen molar-refractivity contribution in [2.45, 2.75) is 26.4 Å². The van der Waals surface area contributed by atoms with E-state index in [1.165, 1.54) is 0 Å². The normalized spacial score (nSPS) is 10.4. The molecule has 5 nitrogen and oxygen atoms in total. The summed E-state index contributed by atoms with van der Waals surface area (Å²) < 4.78 is 11.3. The largest absolute Gasteiger partial charge is 0.484 e. The van der Waals surface area contributed by atoms with Crippen molar-refractivity contribution in [3.05, 3.63) is 40.0 Å². The molecule has 2 aromatic rings. The number of halogens is 1. The number of nitrogens with zero attached hydrogens (tertiary/aromatic N) is 2. The smallest absolute Gasteiger partial charge is 0.226 e. The molecule has 0 aliphatic heterocycles. The van der Waals surface area contributed by atoms with Crippen molar-refractivity contribution in [3.8, 4) is 5.75 Å². The highest BCUT2D eigenvalue weighted by atomic mass is 79.9. The first-order valence-electron chi connectivity index (χ1n) is 5.92. The lowest BCUT2D eigenvalue weighted by Gasteiger charge is -2.05. The molecular weight excluding hydrogens is 312 g/mol. The molecule has 0 saturated carbocycles. The molecule has 6 heteroatoms. The Morgan fingerprint density at radius 3 is 3.00 bits per heavy atom. The van der Waals surface area contributed by atoms with Gasteiger partial charge in [-0.1, -0.05) is 12.1 Å². The predicted molar refractivity (Wildman–Crippen MR) is 72.2 cm³/mol. The summed E-state index contributed by atoms with van der Waals surface area (Å²) in [5, 5.41) is 3.83. The van der Waals surface area contributed by atoms with Crippen LogP contribution in [-0.4, -0.2) is 16.4 Å². The summed E-state index contributed by atoms with van der Waals surface area (Å²) in [7, 11) is 0. The van der Waals surface area contributed by atoms with Crippen molar-refractivity contribution in [3.63, 3.8) is 0 Å². The average molecular weight is 325 g/mol. The standard InChI is InChI=1S/C13H13BrN2O3/c1-2-3-13-15-12(16-19-13)8-18-11-5-4-9(7-17)6-10(11)14/h4-7H,2-3,8H2,1H3. The van der Waals surface area contributed by atoms with E-state index in [-0.39, 0.29) is 6.61 Å². The van der Waals surface area contributed by atoms with E-state index in [9.17, 15) is 4.79 Å². The summed E-state index contributed by atoms with van der Waals surface area (Å²) in [6.45, 7) is 2.28. The van der Waals surface area contributed by atoms with E-state index in [2.05, 4.69) is 26.1 Å². The zero-order valence-corrected chi connectivity index (χ0v) is 12.0. The zero-order chi connectivity index (χ0) is 13.7. The summed E-state index contributed by atoms with van der Waals surface area (Å²) in [5.41, 5.74) is 0.587. The van der Waals surface area contributed by atoms with Crippen LogP contribution >= 0.6 is 15.9 Å². The van der Waals surface area contributed by atoms with Crippen molar-refractivity contribution < 1.29 is 14.1 Å². The third kappa shape index (κ3) is 3.64. The quantitative estimate of drug-likeness (QED) is 0.763. The van der Waals surface area contributed by atoms with Crippen LogP contribution in [0.4, 0.5) is 0 Å². The molecule has 1 heterocycles. The Kier molecular flexibility index (Phi) is 4.68. The first kappa shape index (κ1) is 13.7. The summed E-state index contributed by atoms with van der Waals surface area (Å²) in [4.78, 5) is 14.8. The van der Waals surface area contributed by atoms with Crippen LogP contribution < -0.4 is 4.74 Å². The van der Waals surface area contributed by atoms with Gasteiger partial charge in [-0.15, -0.1) is 0 Å². The van der Waals surface area contributed by atoms with Crippen LogP contribution in [0, 0.1) is 0 Å². The van der Waals surface area contributed by atoms with E-state index in [4.69, 9.17) is 9.26 Å². The maximum Gasteiger partial charge on any atom is 0.226 e. The maximum atomic E-state index is 10.6. The van der Waals surface area contributed by atoms with Crippen molar-refractivity contribution in [2.24, 2.45) is 0 Å². The highest BCUT2D eigenvalue weighted by molar-refractivity contribution is 9.10. The van der Waals surface area contributed by atoms with E-state index >= 15 is 0 Å². The minimum Gasteiger partial charge on any atom is -0.484 e. The van der Waals surface area contributed by atoms with E-state index in [0.29, 0.717) is 23.0 Å². The number of benzene rings is 1. The average Bonchev–Trinajstić information content (AvgIpc) is 2.85. The second-order valence-electron chi connectivity index (χ2n) is 3.95. The van der Waals surface area contributed by atoms with Crippen molar-refractivity contribution in [1.29, 1.82) is 0 Å². The number of aldehydes is 1. The van der Waals surface area contributed by atoms with Gasteiger partial charge < -0.3 is 9.26 Å². The van der Waals surface area contributed by atoms with Crippen LogP contribution in [0.1, 0.15) is 35.4 Å². The summed E-state index contributed by atoms with van der Waals surface area (Å²) >= 11 is 3.34. The summed E-state index contributed by atoms with van der Waals surface area (Å²) in [5.74, 6) is 1.76. The second-order valence-corrected chi connectivity index (χ2v) is 4.81.